The van der Waals surface area contributed by atoms with Gasteiger partial charge in [-0.1, -0.05) is 52.9 Å². The van der Waals surface area contributed by atoms with Crippen molar-refractivity contribution in [2.45, 2.75) is 65.2 Å². The number of hydrogen-bond donors (Lipinski definition) is 3. The largest absolute Gasteiger partial charge is 0.480 e. The molecule has 0 fully saturated rings. The van der Waals surface area contributed by atoms with E-state index in [9.17, 15) is 9.90 Å². The number of unbranched alkanes of at least 4 members (excludes halogenated alkanes) is 1. The Hall–Kier alpha value is -1.40. The van der Waals surface area contributed by atoms with Crippen LogP contribution in [0, 0.1) is 0 Å². The second-order valence-electron chi connectivity index (χ2n) is 4.53. The van der Waals surface area contributed by atoms with Crippen molar-refractivity contribution in [1.82, 2.24) is 4.98 Å². The van der Waals surface area contributed by atoms with Crippen LogP contribution in [0.4, 0.5) is 0 Å². The van der Waals surface area contributed by atoms with Gasteiger partial charge >= 0.3 is 5.97 Å². The van der Waals surface area contributed by atoms with Crippen molar-refractivity contribution in [1.29, 1.82) is 0 Å². The van der Waals surface area contributed by atoms with E-state index in [4.69, 9.17) is 10.8 Å². The Labute approximate surface area is 135 Å². The molecule has 1 rings (SSSR count). The van der Waals surface area contributed by atoms with Crippen LogP contribution in [0.25, 0.3) is 0 Å². The van der Waals surface area contributed by atoms with Gasteiger partial charge in [-0.3, -0.25) is 9.78 Å². The Morgan fingerprint density at radius 1 is 1.32 bits per heavy atom. The number of carboxylic acids is 1. The van der Waals surface area contributed by atoms with E-state index in [-0.39, 0.29) is 13.9 Å². The zero-order valence-electron chi connectivity index (χ0n) is 14.4. The summed E-state index contributed by atoms with van der Waals surface area (Å²) < 4.78 is 0. The molecule has 0 saturated carbocycles. The minimum atomic E-state index is -1.25. The monoisotopic (exact) mass is 310 g/mol. The van der Waals surface area contributed by atoms with E-state index in [1.165, 1.54) is 0 Å². The molecule has 1 unspecified atom stereocenters. The van der Waals surface area contributed by atoms with E-state index in [2.05, 4.69) is 4.98 Å². The molecule has 22 heavy (non-hydrogen) atoms. The molecule has 0 aromatic carbocycles. The van der Waals surface area contributed by atoms with Crippen LogP contribution in [0.1, 0.15) is 52.5 Å². The lowest BCUT2D eigenvalue weighted by molar-refractivity contribution is -0.143. The summed E-state index contributed by atoms with van der Waals surface area (Å²) in [6.45, 7) is 8.00. The number of rotatable bonds is 8. The summed E-state index contributed by atoms with van der Waals surface area (Å²) in [6.07, 6.45) is 6.12. The molecule has 4 N–H and O–H groups in total. The van der Waals surface area contributed by atoms with Gasteiger partial charge in [0.05, 0.1) is 0 Å². The van der Waals surface area contributed by atoms with Gasteiger partial charge in [0.2, 0.25) is 0 Å². The highest BCUT2D eigenvalue weighted by atomic mass is 16.4. The first-order valence-corrected chi connectivity index (χ1v) is 8.10. The highest BCUT2D eigenvalue weighted by molar-refractivity contribution is 6.25. The third kappa shape index (κ3) is 9.52. The highest BCUT2D eigenvalue weighted by Gasteiger charge is 2.33. The van der Waals surface area contributed by atoms with Crippen molar-refractivity contribution in [3.05, 3.63) is 30.1 Å². The fraction of sp³-hybridized carbons (Fsp3) is 0.625. The van der Waals surface area contributed by atoms with Crippen LogP contribution in [-0.4, -0.2) is 34.1 Å². The van der Waals surface area contributed by atoms with Crippen LogP contribution >= 0.6 is 0 Å². The number of nitrogens with two attached hydrogens (primary N) is 1. The molecule has 0 aliphatic carbocycles. The molecule has 0 radical (unpaired) electrons. The number of carbonyl (C=O) groups is 1. The van der Waals surface area contributed by atoms with E-state index in [0.717, 1.165) is 12.0 Å². The smallest absolute Gasteiger partial charge is 0.324 e. The number of hydrogen-bond acceptors (Lipinski definition) is 4. The Morgan fingerprint density at radius 3 is 2.41 bits per heavy atom. The summed E-state index contributed by atoms with van der Waals surface area (Å²) in [7, 11) is 0.132. The average Bonchev–Trinajstić information content (AvgIpc) is 2.56. The van der Waals surface area contributed by atoms with Gasteiger partial charge in [0.15, 0.2) is 0 Å². The summed E-state index contributed by atoms with van der Waals surface area (Å²) in [5.41, 5.74) is 5.54. The molecule has 6 heteroatoms. The fourth-order valence-electron chi connectivity index (χ4n) is 1.87. The minimum absolute atomic E-state index is 0.132. The summed E-state index contributed by atoms with van der Waals surface area (Å²) in [4.78, 5) is 15.3. The maximum atomic E-state index is 11.3. The number of nitrogens with zero attached hydrogens (tertiary/aromatic N) is 1. The normalized spacial score (nSPS) is 11.9. The second-order valence-corrected chi connectivity index (χ2v) is 4.53. The average molecular weight is 310 g/mol. The predicted molar refractivity (Wildman–Crippen MR) is 93.2 cm³/mol. The highest BCUT2D eigenvalue weighted by Crippen LogP contribution is 2.18. The Bertz CT molecular complexity index is 377. The molecule has 0 aliphatic heterocycles. The minimum Gasteiger partial charge on any atom is -0.480 e. The van der Waals surface area contributed by atoms with Gasteiger partial charge in [0.25, 0.3) is 7.48 Å². The van der Waals surface area contributed by atoms with E-state index in [0.29, 0.717) is 19.2 Å². The topological polar surface area (TPSA) is 96.4 Å². The fourth-order valence-corrected chi connectivity index (χ4v) is 1.87. The van der Waals surface area contributed by atoms with Gasteiger partial charge in [0.1, 0.15) is 5.54 Å². The van der Waals surface area contributed by atoms with Gasteiger partial charge in [-0.25, -0.2) is 0 Å². The van der Waals surface area contributed by atoms with Crippen LogP contribution in [0.15, 0.2) is 24.5 Å². The molecule has 0 saturated heterocycles. The van der Waals surface area contributed by atoms with Crippen molar-refractivity contribution in [2.75, 3.05) is 0 Å². The SMILES string of the molecule is CC.CC.NC(CCCCBO)(Cc1cccnc1)C(=O)O. The Kier molecular flexibility index (Phi) is 15.1. The lowest BCUT2D eigenvalue weighted by Gasteiger charge is -2.24. The first-order valence-electron chi connectivity index (χ1n) is 8.10. The van der Waals surface area contributed by atoms with Crippen LogP contribution in [0.5, 0.6) is 0 Å². The first-order chi connectivity index (χ1) is 10.6. The molecule has 0 aliphatic rings. The van der Waals surface area contributed by atoms with Crippen molar-refractivity contribution >= 4 is 13.5 Å². The maximum absolute atomic E-state index is 11.3. The first kappa shape index (κ1) is 22.9. The van der Waals surface area contributed by atoms with E-state index in [1.807, 2.05) is 33.8 Å². The Balaban J connectivity index is 0. The third-order valence-electron chi connectivity index (χ3n) is 2.95. The molecule has 5 nitrogen and oxygen atoms in total. The van der Waals surface area contributed by atoms with Crippen molar-refractivity contribution in [2.24, 2.45) is 5.73 Å². The van der Waals surface area contributed by atoms with Gasteiger partial charge < -0.3 is 15.9 Å². The lowest BCUT2D eigenvalue weighted by Crippen LogP contribution is -2.49. The number of pyridine rings is 1. The Morgan fingerprint density at radius 2 is 1.95 bits per heavy atom. The summed E-state index contributed by atoms with van der Waals surface area (Å²) in [5, 5.41) is 17.9. The van der Waals surface area contributed by atoms with E-state index >= 15 is 0 Å². The molecule has 1 aromatic rings. The van der Waals surface area contributed by atoms with Gasteiger partial charge in [-0.2, -0.15) is 0 Å². The third-order valence-corrected chi connectivity index (χ3v) is 2.95. The zero-order chi connectivity index (χ0) is 17.4. The van der Waals surface area contributed by atoms with Gasteiger partial charge in [-0.15, -0.1) is 0 Å². The van der Waals surface area contributed by atoms with Gasteiger partial charge in [0, 0.05) is 18.8 Å². The van der Waals surface area contributed by atoms with Crippen molar-refractivity contribution < 1.29 is 14.9 Å². The molecular formula is C16H31BN2O3. The lowest BCUT2D eigenvalue weighted by atomic mass is 9.84. The summed E-state index contributed by atoms with van der Waals surface area (Å²) in [6, 6.07) is 3.59. The maximum Gasteiger partial charge on any atom is 0.324 e. The van der Waals surface area contributed by atoms with Crippen molar-refractivity contribution in [3.63, 3.8) is 0 Å². The summed E-state index contributed by atoms with van der Waals surface area (Å²) >= 11 is 0. The van der Waals surface area contributed by atoms with Crippen molar-refractivity contribution in [3.8, 4) is 0 Å². The van der Waals surface area contributed by atoms with Crippen LogP contribution < -0.4 is 5.73 Å². The molecule has 126 valence electrons. The van der Waals surface area contributed by atoms with Crippen LogP contribution in [-0.2, 0) is 11.2 Å². The predicted octanol–water partition coefficient (Wildman–Crippen LogP) is 2.39. The molecule has 1 heterocycles. The molecule has 0 amide bonds. The molecular weight excluding hydrogens is 279 g/mol. The van der Waals surface area contributed by atoms with E-state index < -0.39 is 11.5 Å². The standard InChI is InChI=1S/C12H19BN2O3.2C2H6/c14-12(11(16)17,5-1-2-6-13-18)8-10-4-3-7-15-9-10;2*1-2/h3-4,7,9,13,18H,1-2,5-6,8,14H2,(H,16,17);2*1-2H3. The quantitative estimate of drug-likeness (QED) is 0.506. The molecule has 0 spiro atoms. The zero-order valence-corrected chi connectivity index (χ0v) is 14.4. The number of carboxylic acid groups (broad SMARTS) is 1. The van der Waals surface area contributed by atoms with Crippen LogP contribution in [0.3, 0.4) is 0 Å². The molecule has 1 atom stereocenters. The second kappa shape index (κ2) is 14.5. The number of aromatic nitrogens is 1. The van der Waals surface area contributed by atoms with E-state index in [1.54, 1.807) is 18.5 Å². The molecule has 1 aromatic heterocycles. The number of aliphatic carboxylic acids is 1. The summed E-state index contributed by atoms with van der Waals surface area (Å²) in [5.74, 6) is -0.990. The molecule has 0 bridgehead atoms. The van der Waals surface area contributed by atoms with Gasteiger partial charge in [-0.05, 0) is 18.1 Å². The van der Waals surface area contributed by atoms with Crippen LogP contribution in [0.2, 0.25) is 6.32 Å².